The van der Waals surface area contributed by atoms with Gasteiger partial charge in [0.05, 0.1) is 12.9 Å². The number of pyridine rings is 1. The fraction of sp³-hybridized carbons (Fsp3) is 0.643. The van der Waals surface area contributed by atoms with Gasteiger partial charge in [0.15, 0.2) is 0 Å². The summed E-state index contributed by atoms with van der Waals surface area (Å²) in [5, 5.41) is 3.30. The molecule has 0 bridgehead atoms. The molecule has 0 aromatic carbocycles. The molecule has 0 unspecified atom stereocenters. The number of alkyl halides is 1. The highest BCUT2D eigenvalue weighted by Gasteiger charge is 2.38. The van der Waals surface area contributed by atoms with Gasteiger partial charge in [0.1, 0.15) is 12.4 Å². The predicted octanol–water partition coefficient (Wildman–Crippen LogP) is 2.29. The monoisotopic (exact) mass is 250 g/mol. The Labute approximate surface area is 107 Å². The molecule has 0 amide bonds. The quantitative estimate of drug-likeness (QED) is 0.841. The number of nitrogens with zero attached hydrogens (tertiary/aromatic N) is 1. The summed E-state index contributed by atoms with van der Waals surface area (Å²) in [7, 11) is 0. The van der Waals surface area contributed by atoms with Crippen molar-refractivity contribution in [3.63, 3.8) is 0 Å². The zero-order valence-electron chi connectivity index (χ0n) is 10.4. The molecule has 2 fully saturated rings. The van der Waals surface area contributed by atoms with Crippen LogP contribution in [0.5, 0.6) is 5.75 Å². The Morgan fingerprint density at radius 2 is 2.33 bits per heavy atom. The van der Waals surface area contributed by atoms with Gasteiger partial charge in [-0.05, 0) is 49.3 Å². The largest absolute Gasteiger partial charge is 0.490 e. The first-order valence-electron chi connectivity index (χ1n) is 6.74. The zero-order chi connectivity index (χ0) is 12.4. The normalized spacial score (nSPS) is 29.7. The summed E-state index contributed by atoms with van der Waals surface area (Å²) in [6, 6.07) is 2.56. The van der Waals surface area contributed by atoms with Gasteiger partial charge in [-0.25, -0.2) is 0 Å². The molecular weight excluding hydrogens is 231 g/mol. The summed E-state index contributed by atoms with van der Waals surface area (Å²) < 4.78 is 18.0. The number of rotatable bonds is 6. The van der Waals surface area contributed by atoms with E-state index in [0.29, 0.717) is 30.9 Å². The van der Waals surface area contributed by atoms with Crippen LogP contribution in [0.25, 0.3) is 0 Å². The van der Waals surface area contributed by atoms with Gasteiger partial charge >= 0.3 is 0 Å². The minimum Gasteiger partial charge on any atom is -0.490 e. The molecule has 1 saturated heterocycles. The third kappa shape index (κ3) is 2.64. The Kier molecular flexibility index (Phi) is 3.46. The third-order valence-corrected chi connectivity index (χ3v) is 3.94. The highest BCUT2D eigenvalue weighted by Crippen LogP contribution is 2.49. The van der Waals surface area contributed by atoms with E-state index in [1.54, 1.807) is 6.20 Å². The first kappa shape index (κ1) is 11.9. The van der Waals surface area contributed by atoms with E-state index in [0.717, 1.165) is 18.7 Å². The second-order valence-electron chi connectivity index (χ2n) is 5.28. The summed E-state index contributed by atoms with van der Waals surface area (Å²) in [6.45, 7) is 1.60. The average Bonchev–Trinajstić information content (AvgIpc) is 3.07. The van der Waals surface area contributed by atoms with E-state index in [9.17, 15) is 4.39 Å². The third-order valence-electron chi connectivity index (χ3n) is 3.94. The van der Waals surface area contributed by atoms with Crippen LogP contribution in [0.4, 0.5) is 4.39 Å². The number of aromatic nitrogens is 1. The lowest BCUT2D eigenvalue weighted by atomic mass is 10.1. The Morgan fingerprint density at radius 3 is 3.06 bits per heavy atom. The zero-order valence-corrected chi connectivity index (χ0v) is 10.4. The molecular formula is C14H19FN2O. The summed E-state index contributed by atoms with van der Waals surface area (Å²) in [5.74, 6) is 1.85. The van der Waals surface area contributed by atoms with Gasteiger partial charge in [-0.1, -0.05) is 0 Å². The van der Waals surface area contributed by atoms with E-state index in [1.165, 1.54) is 12.0 Å². The highest BCUT2D eigenvalue weighted by atomic mass is 19.1. The smallest absolute Gasteiger partial charge is 0.137 e. The molecule has 98 valence electrons. The van der Waals surface area contributed by atoms with Crippen molar-refractivity contribution >= 4 is 0 Å². The molecule has 4 heteroatoms. The molecule has 3 nitrogen and oxygen atoms in total. The minimum absolute atomic E-state index is 0.210. The lowest BCUT2D eigenvalue weighted by molar-refractivity contribution is 0.217. The Morgan fingerprint density at radius 1 is 1.44 bits per heavy atom. The summed E-state index contributed by atoms with van der Waals surface area (Å²) >= 11 is 0. The van der Waals surface area contributed by atoms with E-state index >= 15 is 0 Å². The van der Waals surface area contributed by atoms with E-state index in [-0.39, 0.29) is 6.67 Å². The Bertz CT molecular complexity index is 409. The molecule has 1 aliphatic carbocycles. The lowest BCUT2D eigenvalue weighted by Crippen LogP contribution is -2.46. The van der Waals surface area contributed by atoms with Crippen LogP contribution in [-0.2, 0) is 0 Å². The van der Waals surface area contributed by atoms with Crippen molar-refractivity contribution in [2.45, 2.75) is 31.2 Å². The van der Waals surface area contributed by atoms with Gasteiger partial charge in [-0.2, -0.15) is 0 Å². The molecule has 1 aromatic heterocycles. The van der Waals surface area contributed by atoms with Crippen LogP contribution in [-0.4, -0.2) is 30.9 Å². The van der Waals surface area contributed by atoms with Crippen LogP contribution < -0.4 is 10.1 Å². The van der Waals surface area contributed by atoms with Crippen molar-refractivity contribution in [2.75, 3.05) is 19.8 Å². The van der Waals surface area contributed by atoms with Crippen molar-refractivity contribution in [1.82, 2.24) is 10.3 Å². The van der Waals surface area contributed by atoms with Crippen molar-refractivity contribution in [2.24, 2.45) is 5.92 Å². The van der Waals surface area contributed by atoms with Crippen molar-refractivity contribution in [3.05, 3.63) is 24.0 Å². The van der Waals surface area contributed by atoms with Crippen LogP contribution in [0.15, 0.2) is 18.5 Å². The van der Waals surface area contributed by atoms with Gasteiger partial charge in [-0.3, -0.25) is 9.37 Å². The first-order valence-corrected chi connectivity index (χ1v) is 6.74. The van der Waals surface area contributed by atoms with Gasteiger partial charge in [0, 0.05) is 12.2 Å². The van der Waals surface area contributed by atoms with Crippen LogP contribution in [0.1, 0.15) is 30.7 Å². The molecule has 0 spiro atoms. The van der Waals surface area contributed by atoms with Gasteiger partial charge in [0.25, 0.3) is 0 Å². The Balaban J connectivity index is 1.55. The van der Waals surface area contributed by atoms with Gasteiger partial charge in [0.2, 0.25) is 0 Å². The molecule has 1 saturated carbocycles. The molecule has 18 heavy (non-hydrogen) atoms. The molecule has 2 aliphatic rings. The average molecular weight is 250 g/mol. The second-order valence-corrected chi connectivity index (χ2v) is 5.28. The SMILES string of the molecule is FCC[C@H]1C[C@@H]1c1cncc(OC[C@@H]2CCN2)c1. The summed E-state index contributed by atoms with van der Waals surface area (Å²) in [6.07, 6.45) is 6.61. The molecule has 1 N–H and O–H groups in total. The maximum absolute atomic E-state index is 12.3. The molecule has 1 aliphatic heterocycles. The summed E-state index contributed by atoms with van der Waals surface area (Å²) in [4.78, 5) is 4.22. The summed E-state index contributed by atoms with van der Waals surface area (Å²) in [5.41, 5.74) is 1.20. The van der Waals surface area contributed by atoms with Crippen LogP contribution in [0.3, 0.4) is 0 Å². The van der Waals surface area contributed by atoms with E-state index in [4.69, 9.17) is 4.74 Å². The molecule has 1 aromatic rings. The number of halogens is 1. The van der Waals surface area contributed by atoms with Crippen LogP contribution in [0, 0.1) is 5.92 Å². The molecule has 3 rings (SSSR count). The van der Waals surface area contributed by atoms with Crippen molar-refractivity contribution < 1.29 is 9.13 Å². The lowest BCUT2D eigenvalue weighted by Gasteiger charge is -2.27. The van der Waals surface area contributed by atoms with Crippen LogP contribution >= 0.6 is 0 Å². The molecule has 3 atom stereocenters. The van der Waals surface area contributed by atoms with E-state index in [2.05, 4.69) is 16.4 Å². The predicted molar refractivity (Wildman–Crippen MR) is 67.6 cm³/mol. The standard InChI is InChI=1S/C14H19FN2O/c15-3-1-10-6-14(10)11-5-13(8-16-7-11)18-9-12-2-4-17-12/h5,7-8,10,12,14,17H,1-4,6,9H2/t10-,12-,14-/m0/s1. The van der Waals surface area contributed by atoms with Gasteiger partial charge < -0.3 is 10.1 Å². The second kappa shape index (κ2) is 5.22. The molecule has 2 heterocycles. The van der Waals surface area contributed by atoms with Crippen molar-refractivity contribution in [3.8, 4) is 5.75 Å². The maximum atomic E-state index is 12.3. The van der Waals surface area contributed by atoms with E-state index in [1.807, 2.05) is 6.20 Å². The minimum atomic E-state index is -0.210. The fourth-order valence-electron chi connectivity index (χ4n) is 2.52. The van der Waals surface area contributed by atoms with Crippen LogP contribution in [0.2, 0.25) is 0 Å². The maximum Gasteiger partial charge on any atom is 0.137 e. The number of ether oxygens (including phenoxy) is 1. The molecule has 0 radical (unpaired) electrons. The number of hydrogen-bond acceptors (Lipinski definition) is 3. The highest BCUT2D eigenvalue weighted by molar-refractivity contribution is 5.30. The number of nitrogens with one attached hydrogen (secondary N) is 1. The van der Waals surface area contributed by atoms with Gasteiger partial charge in [-0.15, -0.1) is 0 Å². The topological polar surface area (TPSA) is 34.1 Å². The van der Waals surface area contributed by atoms with Crippen molar-refractivity contribution in [1.29, 1.82) is 0 Å². The first-order chi connectivity index (χ1) is 8.86. The number of hydrogen-bond donors (Lipinski definition) is 1. The Hall–Kier alpha value is -1.16. The van der Waals surface area contributed by atoms with E-state index < -0.39 is 0 Å². The fourth-order valence-corrected chi connectivity index (χ4v) is 2.52.